The summed E-state index contributed by atoms with van der Waals surface area (Å²) in [5.41, 5.74) is 7.52. The standard InChI is InChI=1S/C15H19N5O/c1-3-20(4-2)12-7-5-11(6-8-12)19-15(21)13-9-18-14(16)10-17-13/h5-10H,3-4H2,1-2H3,(H2,16,18)(H,19,21). The summed E-state index contributed by atoms with van der Waals surface area (Å²) < 4.78 is 0. The number of carbonyl (C=O) groups is 1. The number of benzene rings is 1. The van der Waals surface area contributed by atoms with Crippen molar-refractivity contribution in [2.75, 3.05) is 29.0 Å². The fourth-order valence-electron chi connectivity index (χ4n) is 1.99. The molecule has 1 aromatic heterocycles. The molecule has 0 aliphatic carbocycles. The Balaban J connectivity index is 2.06. The van der Waals surface area contributed by atoms with E-state index in [4.69, 9.17) is 5.73 Å². The SMILES string of the molecule is CCN(CC)c1ccc(NC(=O)c2cnc(N)cn2)cc1. The van der Waals surface area contributed by atoms with Gasteiger partial charge in [0.05, 0.1) is 12.4 Å². The molecular weight excluding hydrogens is 266 g/mol. The number of nitrogens with one attached hydrogen (secondary N) is 1. The lowest BCUT2D eigenvalue weighted by Gasteiger charge is -2.21. The number of hydrogen-bond acceptors (Lipinski definition) is 5. The van der Waals surface area contributed by atoms with Gasteiger partial charge in [0.1, 0.15) is 11.5 Å². The number of anilines is 3. The number of amides is 1. The van der Waals surface area contributed by atoms with Crippen molar-refractivity contribution in [2.45, 2.75) is 13.8 Å². The lowest BCUT2D eigenvalue weighted by molar-refractivity contribution is 0.102. The molecule has 0 radical (unpaired) electrons. The van der Waals surface area contributed by atoms with E-state index in [-0.39, 0.29) is 17.4 Å². The Hall–Kier alpha value is -2.63. The third-order valence-electron chi connectivity index (χ3n) is 3.16. The molecule has 0 aliphatic heterocycles. The summed E-state index contributed by atoms with van der Waals surface area (Å²) in [6, 6.07) is 7.71. The largest absolute Gasteiger partial charge is 0.382 e. The predicted octanol–water partition coefficient (Wildman–Crippen LogP) is 2.16. The van der Waals surface area contributed by atoms with E-state index in [0.717, 1.165) is 24.5 Å². The molecule has 0 fully saturated rings. The summed E-state index contributed by atoms with van der Waals surface area (Å²) in [7, 11) is 0. The van der Waals surface area contributed by atoms with E-state index in [1.165, 1.54) is 12.4 Å². The van der Waals surface area contributed by atoms with Crippen molar-refractivity contribution in [2.24, 2.45) is 0 Å². The zero-order valence-corrected chi connectivity index (χ0v) is 12.2. The van der Waals surface area contributed by atoms with Gasteiger partial charge in [-0.15, -0.1) is 0 Å². The minimum atomic E-state index is -0.307. The Morgan fingerprint density at radius 3 is 2.33 bits per heavy atom. The van der Waals surface area contributed by atoms with Crippen molar-refractivity contribution in [1.82, 2.24) is 9.97 Å². The first-order valence-corrected chi connectivity index (χ1v) is 6.88. The van der Waals surface area contributed by atoms with Crippen molar-refractivity contribution >= 4 is 23.1 Å². The fourth-order valence-corrected chi connectivity index (χ4v) is 1.99. The van der Waals surface area contributed by atoms with Crippen LogP contribution in [0.5, 0.6) is 0 Å². The summed E-state index contributed by atoms with van der Waals surface area (Å²) in [4.78, 5) is 22.0. The molecule has 1 amide bonds. The maximum Gasteiger partial charge on any atom is 0.275 e. The van der Waals surface area contributed by atoms with Gasteiger partial charge in [-0.05, 0) is 38.1 Å². The minimum Gasteiger partial charge on any atom is -0.382 e. The van der Waals surface area contributed by atoms with E-state index in [1.54, 1.807) is 0 Å². The molecule has 0 aliphatic rings. The molecule has 1 aromatic carbocycles. The second-order valence-electron chi connectivity index (χ2n) is 4.50. The van der Waals surface area contributed by atoms with Crippen LogP contribution in [-0.4, -0.2) is 29.0 Å². The zero-order chi connectivity index (χ0) is 15.2. The Morgan fingerprint density at radius 2 is 1.81 bits per heavy atom. The van der Waals surface area contributed by atoms with Crippen LogP contribution in [0.1, 0.15) is 24.3 Å². The minimum absolute atomic E-state index is 0.233. The van der Waals surface area contributed by atoms with Crippen LogP contribution >= 0.6 is 0 Å². The highest BCUT2D eigenvalue weighted by Crippen LogP contribution is 2.18. The molecule has 6 nitrogen and oxygen atoms in total. The Bertz CT molecular complexity index is 590. The van der Waals surface area contributed by atoms with Gasteiger partial charge in [0.25, 0.3) is 5.91 Å². The van der Waals surface area contributed by atoms with Crippen LogP contribution in [-0.2, 0) is 0 Å². The van der Waals surface area contributed by atoms with Gasteiger partial charge >= 0.3 is 0 Å². The summed E-state index contributed by atoms with van der Waals surface area (Å²) in [6.07, 6.45) is 2.72. The normalized spacial score (nSPS) is 10.2. The van der Waals surface area contributed by atoms with Gasteiger partial charge in [-0.2, -0.15) is 0 Å². The quantitative estimate of drug-likeness (QED) is 0.879. The molecule has 6 heteroatoms. The Kier molecular flexibility index (Phi) is 4.71. The predicted molar refractivity (Wildman–Crippen MR) is 84.4 cm³/mol. The van der Waals surface area contributed by atoms with Gasteiger partial charge in [-0.3, -0.25) is 4.79 Å². The molecule has 2 rings (SSSR count). The molecule has 21 heavy (non-hydrogen) atoms. The molecule has 0 unspecified atom stereocenters. The van der Waals surface area contributed by atoms with Crippen molar-refractivity contribution < 1.29 is 4.79 Å². The van der Waals surface area contributed by atoms with Crippen molar-refractivity contribution in [1.29, 1.82) is 0 Å². The Labute approximate surface area is 124 Å². The second-order valence-corrected chi connectivity index (χ2v) is 4.50. The third kappa shape index (κ3) is 3.68. The van der Waals surface area contributed by atoms with Crippen LogP contribution in [0.4, 0.5) is 17.2 Å². The number of rotatable bonds is 5. The molecule has 2 aromatic rings. The van der Waals surface area contributed by atoms with Gasteiger partial charge < -0.3 is 16.0 Å². The van der Waals surface area contributed by atoms with Crippen LogP contribution in [0.15, 0.2) is 36.7 Å². The molecule has 0 atom stereocenters. The third-order valence-corrected chi connectivity index (χ3v) is 3.16. The van der Waals surface area contributed by atoms with Crippen LogP contribution < -0.4 is 16.0 Å². The smallest absolute Gasteiger partial charge is 0.275 e. The number of nitrogens with zero attached hydrogens (tertiary/aromatic N) is 3. The van der Waals surface area contributed by atoms with E-state index < -0.39 is 0 Å². The van der Waals surface area contributed by atoms with Crippen molar-refractivity contribution in [3.05, 3.63) is 42.4 Å². The van der Waals surface area contributed by atoms with Gasteiger partial charge in [-0.1, -0.05) is 0 Å². The second kappa shape index (κ2) is 6.69. The molecule has 110 valence electrons. The summed E-state index contributed by atoms with van der Waals surface area (Å²) in [5, 5.41) is 2.78. The van der Waals surface area contributed by atoms with E-state index >= 15 is 0 Å². The number of nitrogen functional groups attached to an aromatic ring is 1. The van der Waals surface area contributed by atoms with Gasteiger partial charge in [-0.25, -0.2) is 9.97 Å². The number of carbonyl (C=O) groups excluding carboxylic acids is 1. The first-order valence-electron chi connectivity index (χ1n) is 6.88. The van der Waals surface area contributed by atoms with Gasteiger partial charge in [0.15, 0.2) is 0 Å². The number of nitrogens with two attached hydrogens (primary N) is 1. The highest BCUT2D eigenvalue weighted by molar-refractivity contribution is 6.02. The lowest BCUT2D eigenvalue weighted by atomic mass is 10.2. The first-order chi connectivity index (χ1) is 10.1. The fraction of sp³-hybridized carbons (Fsp3) is 0.267. The average Bonchev–Trinajstić information content (AvgIpc) is 2.51. The number of aromatic nitrogens is 2. The van der Waals surface area contributed by atoms with Crippen LogP contribution in [0.25, 0.3) is 0 Å². The zero-order valence-electron chi connectivity index (χ0n) is 12.2. The van der Waals surface area contributed by atoms with E-state index in [1.807, 2.05) is 24.3 Å². The molecular formula is C15H19N5O. The van der Waals surface area contributed by atoms with Crippen LogP contribution in [0.3, 0.4) is 0 Å². The highest BCUT2D eigenvalue weighted by atomic mass is 16.1. The van der Waals surface area contributed by atoms with Crippen LogP contribution in [0.2, 0.25) is 0 Å². The summed E-state index contributed by atoms with van der Waals surface area (Å²) in [6.45, 7) is 6.12. The topological polar surface area (TPSA) is 84.1 Å². The van der Waals surface area contributed by atoms with E-state index in [0.29, 0.717) is 0 Å². The molecule has 0 bridgehead atoms. The molecule has 1 heterocycles. The van der Waals surface area contributed by atoms with Crippen LogP contribution in [0, 0.1) is 0 Å². The maximum atomic E-state index is 12.0. The summed E-state index contributed by atoms with van der Waals surface area (Å²) in [5.74, 6) is -0.0202. The van der Waals surface area contributed by atoms with Gasteiger partial charge in [0.2, 0.25) is 0 Å². The maximum absolute atomic E-state index is 12.0. The van der Waals surface area contributed by atoms with Crippen molar-refractivity contribution in [3.8, 4) is 0 Å². The molecule has 3 N–H and O–H groups in total. The van der Waals surface area contributed by atoms with E-state index in [9.17, 15) is 4.79 Å². The lowest BCUT2D eigenvalue weighted by Crippen LogP contribution is -2.21. The first kappa shape index (κ1) is 14.8. The highest BCUT2D eigenvalue weighted by Gasteiger charge is 2.08. The average molecular weight is 285 g/mol. The van der Waals surface area contributed by atoms with Crippen molar-refractivity contribution in [3.63, 3.8) is 0 Å². The van der Waals surface area contributed by atoms with Gasteiger partial charge in [0, 0.05) is 24.5 Å². The number of hydrogen-bond donors (Lipinski definition) is 2. The van der Waals surface area contributed by atoms with E-state index in [2.05, 4.69) is 34.0 Å². The summed E-state index contributed by atoms with van der Waals surface area (Å²) >= 11 is 0. The Morgan fingerprint density at radius 1 is 1.14 bits per heavy atom. The monoisotopic (exact) mass is 285 g/mol. The molecule has 0 saturated carbocycles. The molecule has 0 saturated heterocycles. The molecule has 0 spiro atoms.